The molecular weight excluding hydrogens is 361 g/mol. The topological polar surface area (TPSA) is 49.3 Å². The zero-order valence-electron chi connectivity index (χ0n) is 12.8. The monoisotopic (exact) mass is 379 g/mol. The van der Waals surface area contributed by atoms with Crippen LogP contribution in [0.2, 0.25) is 0 Å². The van der Waals surface area contributed by atoms with Crippen LogP contribution in [0.3, 0.4) is 0 Å². The lowest BCUT2D eigenvalue weighted by Gasteiger charge is -2.21. The van der Waals surface area contributed by atoms with Crippen LogP contribution in [0.25, 0.3) is 0 Å². The summed E-state index contributed by atoms with van der Waals surface area (Å²) in [4.78, 5) is 11.5. The summed E-state index contributed by atoms with van der Waals surface area (Å²) in [6.07, 6.45) is 1.03. The molecule has 0 aliphatic rings. The first kappa shape index (κ1) is 17.6. The van der Waals surface area contributed by atoms with E-state index in [1.165, 1.54) is 12.1 Å². The Hall–Kier alpha value is -1.72. The summed E-state index contributed by atoms with van der Waals surface area (Å²) in [6.45, 7) is 1.93. The Kier molecular flexibility index (Phi) is 6.30. The van der Waals surface area contributed by atoms with E-state index in [-0.39, 0.29) is 11.9 Å². The minimum absolute atomic E-state index is 0.0541. The molecule has 0 saturated heterocycles. The Labute approximate surface area is 143 Å². The number of benzene rings is 2. The van der Waals surface area contributed by atoms with Crippen molar-refractivity contribution in [1.82, 2.24) is 5.32 Å². The minimum Gasteiger partial charge on any atom is -0.480 e. The Bertz CT molecular complexity index is 663. The fourth-order valence-electron chi connectivity index (χ4n) is 2.49. The molecule has 2 atom stereocenters. The summed E-state index contributed by atoms with van der Waals surface area (Å²) >= 11 is 3.34. The number of hydrogen-bond donors (Lipinski definition) is 2. The largest absolute Gasteiger partial charge is 0.480 e. The number of carboxylic acids is 1. The van der Waals surface area contributed by atoms with Gasteiger partial charge in [-0.3, -0.25) is 4.79 Å². The van der Waals surface area contributed by atoms with E-state index < -0.39 is 12.0 Å². The summed E-state index contributed by atoms with van der Waals surface area (Å²) in [5.74, 6) is -1.17. The van der Waals surface area contributed by atoms with E-state index in [4.69, 9.17) is 0 Å². The van der Waals surface area contributed by atoms with Gasteiger partial charge in [0.2, 0.25) is 0 Å². The van der Waals surface area contributed by atoms with E-state index >= 15 is 0 Å². The first-order valence-electron chi connectivity index (χ1n) is 7.42. The highest BCUT2D eigenvalue weighted by molar-refractivity contribution is 9.10. The molecule has 23 heavy (non-hydrogen) atoms. The van der Waals surface area contributed by atoms with Crippen LogP contribution >= 0.6 is 15.9 Å². The molecule has 0 aromatic heterocycles. The average Bonchev–Trinajstić information content (AvgIpc) is 2.50. The molecule has 0 aliphatic carbocycles. The van der Waals surface area contributed by atoms with E-state index in [0.29, 0.717) is 17.3 Å². The van der Waals surface area contributed by atoms with Crippen LogP contribution in [-0.4, -0.2) is 23.2 Å². The van der Waals surface area contributed by atoms with Crippen LogP contribution < -0.4 is 5.32 Å². The molecule has 0 bridgehead atoms. The Morgan fingerprint density at radius 1 is 1.22 bits per heavy atom. The summed E-state index contributed by atoms with van der Waals surface area (Å²) in [5, 5.41) is 12.6. The third kappa shape index (κ3) is 5.44. The number of hydrogen-bond acceptors (Lipinski definition) is 2. The molecule has 0 spiro atoms. The number of rotatable bonds is 7. The van der Waals surface area contributed by atoms with Crippen molar-refractivity contribution >= 4 is 21.9 Å². The van der Waals surface area contributed by atoms with Gasteiger partial charge in [-0.05, 0) is 43.0 Å². The van der Waals surface area contributed by atoms with Crippen molar-refractivity contribution < 1.29 is 14.3 Å². The number of carbonyl (C=O) groups is 1. The summed E-state index contributed by atoms with van der Waals surface area (Å²) in [7, 11) is 0. The van der Waals surface area contributed by atoms with Gasteiger partial charge in [0.25, 0.3) is 0 Å². The molecule has 0 aliphatic heterocycles. The van der Waals surface area contributed by atoms with Crippen molar-refractivity contribution in [2.45, 2.75) is 31.8 Å². The van der Waals surface area contributed by atoms with E-state index in [2.05, 4.69) is 21.2 Å². The number of nitrogens with one attached hydrogen (secondary N) is 1. The first-order valence-corrected chi connectivity index (χ1v) is 8.21. The van der Waals surface area contributed by atoms with Crippen molar-refractivity contribution in [1.29, 1.82) is 0 Å². The fourth-order valence-corrected chi connectivity index (χ4v) is 3.00. The molecule has 0 amide bonds. The lowest BCUT2D eigenvalue weighted by molar-refractivity contribution is -0.139. The van der Waals surface area contributed by atoms with Crippen molar-refractivity contribution in [2.24, 2.45) is 0 Å². The van der Waals surface area contributed by atoms with Gasteiger partial charge < -0.3 is 10.4 Å². The quantitative estimate of drug-likeness (QED) is 0.768. The van der Waals surface area contributed by atoms with Crippen LogP contribution in [0.4, 0.5) is 4.39 Å². The maximum atomic E-state index is 13.1. The maximum absolute atomic E-state index is 13.1. The smallest absolute Gasteiger partial charge is 0.321 e. The Morgan fingerprint density at radius 3 is 2.52 bits per heavy atom. The number of carboxylic acid groups (broad SMARTS) is 1. The summed E-state index contributed by atoms with van der Waals surface area (Å²) in [5.41, 5.74) is 1.91. The molecule has 0 fully saturated rings. The fraction of sp³-hybridized carbons (Fsp3) is 0.278. The summed E-state index contributed by atoms with van der Waals surface area (Å²) in [6, 6.07) is 13.4. The molecule has 122 valence electrons. The first-order chi connectivity index (χ1) is 11.0. The SMILES string of the molecule is CC(Cc1ccc(F)cc1Br)N[C@@H](Cc1ccccc1)C(=O)O. The van der Waals surface area contributed by atoms with Crippen molar-refractivity contribution in [3.63, 3.8) is 0 Å². The second-order valence-electron chi connectivity index (χ2n) is 5.59. The third-order valence-corrected chi connectivity index (χ3v) is 4.35. The normalized spacial score (nSPS) is 13.5. The molecule has 0 saturated carbocycles. The van der Waals surface area contributed by atoms with Gasteiger partial charge in [-0.25, -0.2) is 4.39 Å². The summed E-state index contributed by atoms with van der Waals surface area (Å²) < 4.78 is 13.8. The molecule has 2 aromatic carbocycles. The van der Waals surface area contributed by atoms with Gasteiger partial charge >= 0.3 is 5.97 Å². The number of aliphatic carboxylic acids is 1. The molecule has 0 heterocycles. The zero-order valence-corrected chi connectivity index (χ0v) is 14.4. The zero-order chi connectivity index (χ0) is 16.8. The van der Waals surface area contributed by atoms with Gasteiger partial charge in [-0.1, -0.05) is 52.3 Å². The molecule has 0 radical (unpaired) electrons. The van der Waals surface area contributed by atoms with Gasteiger partial charge in [-0.2, -0.15) is 0 Å². The van der Waals surface area contributed by atoms with Crippen molar-refractivity contribution in [3.05, 3.63) is 69.9 Å². The third-order valence-electron chi connectivity index (χ3n) is 3.61. The molecule has 5 heteroatoms. The minimum atomic E-state index is -0.876. The maximum Gasteiger partial charge on any atom is 0.321 e. The van der Waals surface area contributed by atoms with Gasteiger partial charge in [-0.15, -0.1) is 0 Å². The highest BCUT2D eigenvalue weighted by Crippen LogP contribution is 2.19. The van der Waals surface area contributed by atoms with Gasteiger partial charge in [0.15, 0.2) is 0 Å². The highest BCUT2D eigenvalue weighted by Gasteiger charge is 2.20. The van der Waals surface area contributed by atoms with Crippen LogP contribution in [-0.2, 0) is 17.6 Å². The lowest BCUT2D eigenvalue weighted by atomic mass is 10.0. The highest BCUT2D eigenvalue weighted by atomic mass is 79.9. The molecule has 2 aromatic rings. The molecular formula is C18H19BrFNO2. The Morgan fingerprint density at radius 2 is 1.91 bits per heavy atom. The lowest BCUT2D eigenvalue weighted by Crippen LogP contribution is -2.44. The van der Waals surface area contributed by atoms with E-state index in [9.17, 15) is 14.3 Å². The van der Waals surface area contributed by atoms with Gasteiger partial charge in [0.05, 0.1) is 0 Å². The van der Waals surface area contributed by atoms with E-state index in [0.717, 1.165) is 11.1 Å². The van der Waals surface area contributed by atoms with Crippen LogP contribution in [0.15, 0.2) is 53.0 Å². The van der Waals surface area contributed by atoms with Crippen molar-refractivity contribution in [3.8, 4) is 0 Å². The molecule has 3 nitrogen and oxygen atoms in total. The molecule has 2 N–H and O–H groups in total. The van der Waals surface area contributed by atoms with Crippen LogP contribution in [0.1, 0.15) is 18.1 Å². The standard InChI is InChI=1S/C18H19BrFNO2/c1-12(9-14-7-8-15(20)11-16(14)19)21-17(18(22)23)10-13-5-3-2-4-6-13/h2-8,11-12,17,21H,9-10H2,1H3,(H,22,23)/t12?,17-/m0/s1. The second-order valence-corrected chi connectivity index (χ2v) is 6.44. The molecule has 1 unspecified atom stereocenters. The van der Waals surface area contributed by atoms with Gasteiger partial charge in [0.1, 0.15) is 11.9 Å². The van der Waals surface area contributed by atoms with Gasteiger partial charge in [0, 0.05) is 10.5 Å². The van der Waals surface area contributed by atoms with Crippen LogP contribution in [0.5, 0.6) is 0 Å². The van der Waals surface area contributed by atoms with E-state index in [1.54, 1.807) is 6.07 Å². The molecule has 2 rings (SSSR count). The Balaban J connectivity index is 2.00. The van der Waals surface area contributed by atoms with E-state index in [1.807, 2.05) is 37.3 Å². The predicted molar refractivity (Wildman–Crippen MR) is 92.0 cm³/mol. The average molecular weight is 380 g/mol. The predicted octanol–water partition coefficient (Wildman–Crippen LogP) is 3.80. The second kappa shape index (κ2) is 8.22. The number of halogens is 2. The van der Waals surface area contributed by atoms with Crippen molar-refractivity contribution in [2.75, 3.05) is 0 Å². The van der Waals surface area contributed by atoms with Crippen LogP contribution in [0, 0.1) is 5.82 Å².